The summed E-state index contributed by atoms with van der Waals surface area (Å²) in [6.07, 6.45) is 1.84. The van der Waals surface area contributed by atoms with E-state index in [0.717, 1.165) is 11.0 Å². The fourth-order valence-corrected chi connectivity index (χ4v) is 2.52. The van der Waals surface area contributed by atoms with Crippen molar-refractivity contribution in [3.8, 4) is 0 Å². The third kappa shape index (κ3) is 2.13. The normalized spacial score (nSPS) is 12.7. The zero-order valence-electron chi connectivity index (χ0n) is 11.0. The Balaban J connectivity index is 2.06. The predicted molar refractivity (Wildman–Crippen MR) is 78.1 cm³/mol. The Hall–Kier alpha value is -2.13. The Morgan fingerprint density at radius 2 is 1.89 bits per heavy atom. The number of rotatable bonds is 3. The number of nitrogens with zero attached hydrogens (tertiary/aromatic N) is 2. The monoisotopic (exact) mass is 251 g/mol. The van der Waals surface area contributed by atoms with Gasteiger partial charge in [-0.3, -0.25) is 0 Å². The highest BCUT2D eigenvalue weighted by molar-refractivity contribution is 5.76. The number of nitrogens with two attached hydrogens (primary N) is 1. The maximum absolute atomic E-state index is 5.96. The molecule has 0 saturated carbocycles. The van der Waals surface area contributed by atoms with E-state index in [9.17, 15) is 0 Å². The lowest BCUT2D eigenvalue weighted by molar-refractivity contribution is 0.820. The third-order valence-corrected chi connectivity index (χ3v) is 3.59. The van der Waals surface area contributed by atoms with Gasteiger partial charge in [-0.2, -0.15) is 0 Å². The minimum Gasteiger partial charge on any atom is -0.334 e. The van der Waals surface area contributed by atoms with Gasteiger partial charge in [0, 0.05) is 19.5 Å². The molecule has 1 atom stereocenters. The number of benzene rings is 2. The van der Waals surface area contributed by atoms with Crippen LogP contribution in [0.4, 0.5) is 0 Å². The van der Waals surface area contributed by atoms with E-state index in [1.54, 1.807) is 0 Å². The van der Waals surface area contributed by atoms with Crippen LogP contribution < -0.4 is 5.73 Å². The van der Waals surface area contributed by atoms with Crippen LogP contribution in [0.2, 0.25) is 0 Å². The van der Waals surface area contributed by atoms with Gasteiger partial charge in [-0.1, -0.05) is 36.4 Å². The molecule has 96 valence electrons. The summed E-state index contributed by atoms with van der Waals surface area (Å²) in [6, 6.07) is 16.8. The second kappa shape index (κ2) is 4.86. The van der Waals surface area contributed by atoms with Gasteiger partial charge in [0.05, 0.1) is 17.4 Å². The number of imidazole rings is 1. The number of hydrogen-bond acceptors (Lipinski definition) is 2. The Morgan fingerprint density at radius 3 is 2.63 bits per heavy atom. The lowest BCUT2D eigenvalue weighted by Crippen LogP contribution is -2.13. The summed E-state index contributed by atoms with van der Waals surface area (Å²) in [5, 5.41) is 0. The summed E-state index contributed by atoms with van der Waals surface area (Å²) in [6.45, 7) is 0.600. The van der Waals surface area contributed by atoms with Crippen LogP contribution in [0.1, 0.15) is 17.0 Å². The van der Waals surface area contributed by atoms with Crippen molar-refractivity contribution in [3.05, 3.63) is 66.0 Å². The van der Waals surface area contributed by atoms with Crippen molar-refractivity contribution >= 4 is 11.0 Å². The van der Waals surface area contributed by atoms with Crippen LogP contribution in [-0.2, 0) is 7.05 Å². The van der Waals surface area contributed by atoms with Crippen LogP contribution in [0.5, 0.6) is 0 Å². The van der Waals surface area contributed by atoms with E-state index < -0.39 is 0 Å². The molecule has 3 nitrogen and oxygen atoms in total. The molecule has 3 aromatic rings. The maximum atomic E-state index is 5.96. The molecule has 0 bridgehead atoms. The molecule has 0 aliphatic rings. The van der Waals surface area contributed by atoms with E-state index in [1.807, 2.05) is 24.0 Å². The summed E-state index contributed by atoms with van der Waals surface area (Å²) < 4.78 is 2.03. The first-order chi connectivity index (χ1) is 9.29. The third-order valence-electron chi connectivity index (χ3n) is 3.59. The Labute approximate surface area is 112 Å². The van der Waals surface area contributed by atoms with Gasteiger partial charge in [0.2, 0.25) is 0 Å². The second-order valence-electron chi connectivity index (χ2n) is 4.80. The van der Waals surface area contributed by atoms with Gasteiger partial charge >= 0.3 is 0 Å². The van der Waals surface area contributed by atoms with Gasteiger partial charge in [-0.05, 0) is 23.3 Å². The van der Waals surface area contributed by atoms with Crippen LogP contribution in [0, 0.1) is 0 Å². The molecule has 3 rings (SSSR count). The van der Waals surface area contributed by atoms with E-state index >= 15 is 0 Å². The molecule has 19 heavy (non-hydrogen) atoms. The van der Waals surface area contributed by atoms with Gasteiger partial charge in [0.15, 0.2) is 0 Å². The number of aryl methyl sites for hydroxylation is 1. The molecule has 2 aromatic carbocycles. The van der Waals surface area contributed by atoms with Crippen molar-refractivity contribution in [2.24, 2.45) is 12.8 Å². The SMILES string of the molecule is Cn1cnc2cc(C(CN)c3ccccc3)ccc21. The molecule has 1 unspecified atom stereocenters. The van der Waals surface area contributed by atoms with Crippen LogP contribution in [0.25, 0.3) is 11.0 Å². The molecule has 1 heterocycles. The van der Waals surface area contributed by atoms with Gasteiger partial charge in [0.25, 0.3) is 0 Å². The zero-order chi connectivity index (χ0) is 13.2. The Morgan fingerprint density at radius 1 is 1.11 bits per heavy atom. The average molecular weight is 251 g/mol. The topological polar surface area (TPSA) is 43.8 Å². The van der Waals surface area contributed by atoms with Gasteiger partial charge in [-0.25, -0.2) is 4.98 Å². The van der Waals surface area contributed by atoms with Crippen molar-refractivity contribution in [2.45, 2.75) is 5.92 Å². The lowest BCUT2D eigenvalue weighted by Gasteiger charge is -2.15. The fraction of sp³-hybridized carbons (Fsp3) is 0.188. The molecule has 0 aliphatic carbocycles. The Kier molecular flexibility index (Phi) is 3.05. The van der Waals surface area contributed by atoms with Crippen molar-refractivity contribution < 1.29 is 0 Å². The minimum atomic E-state index is 0.229. The quantitative estimate of drug-likeness (QED) is 0.777. The summed E-state index contributed by atoms with van der Waals surface area (Å²) in [4.78, 5) is 4.41. The molecule has 0 fully saturated rings. The highest BCUT2D eigenvalue weighted by Crippen LogP contribution is 2.26. The van der Waals surface area contributed by atoms with Crippen LogP contribution in [0.3, 0.4) is 0 Å². The molecule has 3 heteroatoms. The smallest absolute Gasteiger partial charge is 0.0955 e. The largest absolute Gasteiger partial charge is 0.334 e. The molecule has 1 aromatic heterocycles. The first kappa shape index (κ1) is 11.9. The molecule has 0 spiro atoms. The van der Waals surface area contributed by atoms with Gasteiger partial charge in [-0.15, -0.1) is 0 Å². The van der Waals surface area contributed by atoms with Crippen LogP contribution in [0.15, 0.2) is 54.9 Å². The standard InChI is InChI=1S/C16H17N3/c1-19-11-18-15-9-13(7-8-16(15)19)14(10-17)12-5-3-2-4-6-12/h2-9,11,14H,10,17H2,1H3. The minimum absolute atomic E-state index is 0.229. The lowest BCUT2D eigenvalue weighted by atomic mass is 9.91. The van der Waals surface area contributed by atoms with Crippen LogP contribution in [-0.4, -0.2) is 16.1 Å². The number of hydrogen-bond donors (Lipinski definition) is 1. The number of fused-ring (bicyclic) bond motifs is 1. The highest BCUT2D eigenvalue weighted by atomic mass is 15.0. The van der Waals surface area contributed by atoms with E-state index in [2.05, 4.69) is 47.4 Å². The molecule has 0 aliphatic heterocycles. The zero-order valence-corrected chi connectivity index (χ0v) is 11.0. The van der Waals surface area contributed by atoms with Crippen LogP contribution >= 0.6 is 0 Å². The van der Waals surface area contributed by atoms with E-state index in [0.29, 0.717) is 6.54 Å². The molecule has 0 radical (unpaired) electrons. The van der Waals surface area contributed by atoms with Crippen molar-refractivity contribution in [1.82, 2.24) is 9.55 Å². The van der Waals surface area contributed by atoms with Crippen molar-refractivity contribution in [2.75, 3.05) is 6.54 Å². The molecule has 0 amide bonds. The van der Waals surface area contributed by atoms with Gasteiger partial charge < -0.3 is 10.3 Å². The molecule has 2 N–H and O–H groups in total. The summed E-state index contributed by atoms with van der Waals surface area (Å²) in [7, 11) is 2.01. The summed E-state index contributed by atoms with van der Waals surface area (Å²) in [5.74, 6) is 0.229. The van der Waals surface area contributed by atoms with E-state index in [-0.39, 0.29) is 5.92 Å². The highest BCUT2D eigenvalue weighted by Gasteiger charge is 2.13. The fourth-order valence-electron chi connectivity index (χ4n) is 2.52. The second-order valence-corrected chi connectivity index (χ2v) is 4.80. The van der Waals surface area contributed by atoms with Crippen molar-refractivity contribution in [1.29, 1.82) is 0 Å². The Bertz CT molecular complexity index is 686. The molecular formula is C16H17N3. The predicted octanol–water partition coefficient (Wildman–Crippen LogP) is 2.66. The van der Waals surface area contributed by atoms with E-state index in [1.165, 1.54) is 11.1 Å². The first-order valence-corrected chi connectivity index (χ1v) is 6.45. The summed E-state index contributed by atoms with van der Waals surface area (Å²) >= 11 is 0. The maximum Gasteiger partial charge on any atom is 0.0955 e. The molecular weight excluding hydrogens is 234 g/mol. The average Bonchev–Trinajstić information content (AvgIpc) is 2.82. The van der Waals surface area contributed by atoms with Gasteiger partial charge in [0.1, 0.15) is 0 Å². The van der Waals surface area contributed by atoms with Crippen molar-refractivity contribution in [3.63, 3.8) is 0 Å². The summed E-state index contributed by atoms with van der Waals surface area (Å²) in [5.41, 5.74) is 10.6. The molecule has 0 saturated heterocycles. The first-order valence-electron chi connectivity index (χ1n) is 6.45. The number of aromatic nitrogens is 2. The van der Waals surface area contributed by atoms with E-state index in [4.69, 9.17) is 5.73 Å².